The predicted molar refractivity (Wildman–Crippen MR) is 85.4 cm³/mol. The molecule has 2 heterocycles. The summed E-state index contributed by atoms with van der Waals surface area (Å²) >= 11 is 1.56. The Morgan fingerprint density at radius 2 is 2.33 bits per heavy atom. The van der Waals surface area contributed by atoms with Crippen LogP contribution in [0.15, 0.2) is 18.3 Å². The van der Waals surface area contributed by atoms with Crippen molar-refractivity contribution in [2.75, 3.05) is 36.2 Å². The molecule has 0 radical (unpaired) electrons. The molecular weight excluding hydrogens is 310 g/mol. The van der Waals surface area contributed by atoms with Crippen molar-refractivity contribution in [1.29, 1.82) is 0 Å². The van der Waals surface area contributed by atoms with Gasteiger partial charge < -0.3 is 10.2 Å². The van der Waals surface area contributed by atoms with Gasteiger partial charge in [-0.2, -0.15) is 11.8 Å². The van der Waals surface area contributed by atoms with Crippen molar-refractivity contribution in [3.8, 4) is 0 Å². The fraction of sp³-hybridized carbons (Fsp3) is 0.538. The molecule has 8 heteroatoms. The van der Waals surface area contributed by atoms with Crippen LogP contribution in [0.1, 0.15) is 17.4 Å². The molecule has 116 valence electrons. The normalized spacial score (nSPS) is 19.3. The predicted octanol–water partition coefficient (Wildman–Crippen LogP) is 1.07. The van der Waals surface area contributed by atoms with Gasteiger partial charge in [-0.1, -0.05) is 6.92 Å². The van der Waals surface area contributed by atoms with Gasteiger partial charge in [0.1, 0.15) is 11.1 Å². The van der Waals surface area contributed by atoms with Crippen molar-refractivity contribution >= 4 is 33.2 Å². The molecule has 1 atom stereocenters. The summed E-state index contributed by atoms with van der Waals surface area (Å²) in [7, 11) is -1.54. The number of nitrogens with zero attached hydrogens (tertiary/aromatic N) is 2. The van der Waals surface area contributed by atoms with E-state index >= 15 is 0 Å². The van der Waals surface area contributed by atoms with Crippen molar-refractivity contribution in [1.82, 2.24) is 9.88 Å². The number of carbonyl (C=O) groups is 1. The Bertz CT molecular complexity index is 619. The summed E-state index contributed by atoms with van der Waals surface area (Å²) in [5.41, 5.74) is 1.04. The number of carbonyl (C=O) groups excluding carboxylic acids is 1. The summed E-state index contributed by atoms with van der Waals surface area (Å²) < 4.78 is 24.4. The van der Waals surface area contributed by atoms with E-state index in [4.69, 9.17) is 0 Å². The fourth-order valence-electron chi connectivity index (χ4n) is 2.15. The number of anilines is 1. The van der Waals surface area contributed by atoms with E-state index in [1.54, 1.807) is 44.1 Å². The number of hydrogen-bond acceptors (Lipinski definition) is 6. The largest absolute Gasteiger partial charge is 0.388 e. The monoisotopic (exact) mass is 329 g/mol. The van der Waals surface area contributed by atoms with Crippen molar-refractivity contribution in [3.63, 3.8) is 0 Å². The highest BCUT2D eigenvalue weighted by atomic mass is 32.2. The summed E-state index contributed by atoms with van der Waals surface area (Å²) in [6.45, 7) is 2.04. The summed E-state index contributed by atoms with van der Waals surface area (Å²) in [6, 6.07) is 3.39. The average Bonchev–Trinajstić information content (AvgIpc) is 2.54. The number of thioether (sulfide) groups is 1. The lowest BCUT2D eigenvalue weighted by molar-refractivity contribution is 0.0743. The molecular formula is C13H19N3O3S2. The zero-order chi connectivity index (χ0) is 15.5. The quantitative estimate of drug-likeness (QED) is 0.890. The number of sulfone groups is 1. The molecule has 2 rings (SSSR count). The van der Waals surface area contributed by atoms with Crippen LogP contribution in [0, 0.1) is 0 Å². The van der Waals surface area contributed by atoms with Gasteiger partial charge in [0.25, 0.3) is 5.91 Å². The van der Waals surface area contributed by atoms with Crippen molar-refractivity contribution in [2.24, 2.45) is 0 Å². The number of nitrogens with one attached hydrogen (secondary N) is 1. The van der Waals surface area contributed by atoms with Gasteiger partial charge in [-0.15, -0.1) is 0 Å². The molecule has 0 aliphatic carbocycles. The lowest BCUT2D eigenvalue weighted by atomic mass is 10.3. The van der Waals surface area contributed by atoms with Gasteiger partial charge >= 0.3 is 0 Å². The van der Waals surface area contributed by atoms with Gasteiger partial charge in [-0.25, -0.2) is 8.42 Å². The van der Waals surface area contributed by atoms with E-state index in [1.807, 2.05) is 0 Å². The topological polar surface area (TPSA) is 79.4 Å². The second-order valence-electron chi connectivity index (χ2n) is 4.66. The third-order valence-electron chi connectivity index (χ3n) is 3.43. The fourth-order valence-corrected chi connectivity index (χ4v) is 5.12. The average molecular weight is 329 g/mol. The Balaban J connectivity index is 2.30. The molecule has 0 spiro atoms. The van der Waals surface area contributed by atoms with Crippen molar-refractivity contribution in [3.05, 3.63) is 24.0 Å². The number of rotatable bonds is 4. The lowest BCUT2D eigenvalue weighted by Crippen LogP contribution is -2.50. The van der Waals surface area contributed by atoms with Gasteiger partial charge in [-0.3, -0.25) is 9.78 Å². The molecule has 0 saturated carbocycles. The maximum Gasteiger partial charge on any atom is 0.273 e. The van der Waals surface area contributed by atoms with E-state index in [9.17, 15) is 13.2 Å². The van der Waals surface area contributed by atoms with Gasteiger partial charge in [-0.05, 0) is 12.1 Å². The summed E-state index contributed by atoms with van der Waals surface area (Å²) in [6.07, 6.45) is 1.54. The maximum absolute atomic E-state index is 12.6. The van der Waals surface area contributed by atoms with E-state index < -0.39 is 15.2 Å². The third-order valence-corrected chi connectivity index (χ3v) is 6.72. The molecule has 0 aromatic carbocycles. The summed E-state index contributed by atoms with van der Waals surface area (Å²) in [5, 5.41) is 2.19. The summed E-state index contributed by atoms with van der Waals surface area (Å²) in [5.74, 6) is 0.877. The first-order chi connectivity index (χ1) is 9.99. The Morgan fingerprint density at radius 1 is 1.57 bits per heavy atom. The van der Waals surface area contributed by atoms with Crippen LogP contribution in [0.2, 0.25) is 0 Å². The number of amides is 1. The zero-order valence-electron chi connectivity index (χ0n) is 12.1. The SMILES string of the molecule is CCS(=O)(=O)C1CSCCN1C(=O)c1cc(NC)ccn1. The molecule has 1 saturated heterocycles. The van der Waals surface area contributed by atoms with Crippen LogP contribution >= 0.6 is 11.8 Å². The number of hydrogen-bond donors (Lipinski definition) is 1. The minimum Gasteiger partial charge on any atom is -0.388 e. The molecule has 21 heavy (non-hydrogen) atoms. The zero-order valence-corrected chi connectivity index (χ0v) is 13.7. The number of pyridine rings is 1. The summed E-state index contributed by atoms with van der Waals surface area (Å²) in [4.78, 5) is 18.1. The van der Waals surface area contributed by atoms with Gasteiger partial charge in [0.15, 0.2) is 9.84 Å². The second-order valence-corrected chi connectivity index (χ2v) is 8.26. The molecule has 1 fully saturated rings. The minimum atomic E-state index is -3.30. The number of aromatic nitrogens is 1. The molecule has 1 aliphatic rings. The van der Waals surface area contributed by atoms with E-state index in [2.05, 4.69) is 10.3 Å². The smallest absolute Gasteiger partial charge is 0.273 e. The third kappa shape index (κ3) is 3.49. The Labute approximate surface area is 129 Å². The van der Waals surface area contributed by atoms with Gasteiger partial charge in [0.2, 0.25) is 0 Å². The van der Waals surface area contributed by atoms with E-state index in [0.29, 0.717) is 12.3 Å². The molecule has 0 bridgehead atoms. The first kappa shape index (κ1) is 16.1. The maximum atomic E-state index is 12.6. The first-order valence-corrected chi connectivity index (χ1v) is 9.60. The highest BCUT2D eigenvalue weighted by Gasteiger charge is 2.36. The minimum absolute atomic E-state index is 0.0337. The molecule has 1 unspecified atom stereocenters. The molecule has 1 N–H and O–H groups in total. The molecule has 6 nitrogen and oxygen atoms in total. The molecule has 1 amide bonds. The first-order valence-electron chi connectivity index (χ1n) is 6.73. The molecule has 1 aliphatic heterocycles. The van der Waals surface area contributed by atoms with Crippen molar-refractivity contribution in [2.45, 2.75) is 12.3 Å². The highest BCUT2D eigenvalue weighted by Crippen LogP contribution is 2.23. The van der Waals surface area contributed by atoms with Crippen LogP contribution in [-0.2, 0) is 9.84 Å². The van der Waals surface area contributed by atoms with Crippen LogP contribution in [0.25, 0.3) is 0 Å². The van der Waals surface area contributed by atoms with Gasteiger partial charge in [0.05, 0.1) is 0 Å². The standard InChI is InChI=1S/C13H19N3O3S2/c1-3-21(18,19)12-9-20-7-6-16(12)13(17)11-8-10(14-2)4-5-15-11/h4-5,8,12H,3,6-7,9H2,1-2H3,(H,14,15). The van der Waals surface area contributed by atoms with Crippen molar-refractivity contribution < 1.29 is 13.2 Å². The Hall–Kier alpha value is -1.28. The van der Waals surface area contributed by atoms with Gasteiger partial charge in [0, 0.05) is 42.7 Å². The van der Waals surface area contributed by atoms with E-state index in [1.165, 1.54) is 4.90 Å². The lowest BCUT2D eigenvalue weighted by Gasteiger charge is -2.34. The Kier molecular flexibility index (Phi) is 5.10. The second kappa shape index (κ2) is 6.65. The van der Waals surface area contributed by atoms with Crippen LogP contribution in [-0.4, -0.2) is 60.4 Å². The van der Waals surface area contributed by atoms with E-state index in [-0.39, 0.29) is 17.4 Å². The van der Waals surface area contributed by atoms with Crippen LogP contribution < -0.4 is 5.32 Å². The van der Waals surface area contributed by atoms with Crippen LogP contribution in [0.4, 0.5) is 5.69 Å². The Morgan fingerprint density at radius 3 is 3.00 bits per heavy atom. The molecule has 1 aromatic heterocycles. The van der Waals surface area contributed by atoms with Crippen LogP contribution in [0.3, 0.4) is 0 Å². The molecule has 1 aromatic rings. The highest BCUT2D eigenvalue weighted by molar-refractivity contribution is 8.01. The van der Waals surface area contributed by atoms with Crippen LogP contribution in [0.5, 0.6) is 0 Å². The van der Waals surface area contributed by atoms with E-state index in [0.717, 1.165) is 11.4 Å².